The molecule has 3 N–H and O–H groups in total. The highest BCUT2D eigenvalue weighted by molar-refractivity contribution is 5.84. The van der Waals surface area contributed by atoms with Gasteiger partial charge in [-0.3, -0.25) is 0 Å². The minimum Gasteiger partial charge on any atom is -0.479 e. The van der Waals surface area contributed by atoms with Crippen LogP contribution in [0.5, 0.6) is 0 Å². The summed E-state index contributed by atoms with van der Waals surface area (Å²) in [6.45, 7) is 2.39. The third-order valence-electron chi connectivity index (χ3n) is 3.98. The number of aliphatic carboxylic acids is 1. The minimum atomic E-state index is -1.11. The van der Waals surface area contributed by atoms with Crippen molar-refractivity contribution in [3.8, 4) is 0 Å². The molecule has 1 aliphatic rings. The molecule has 114 valence electrons. The number of nitrogens with zero attached hydrogens (tertiary/aromatic N) is 1. The van der Waals surface area contributed by atoms with Crippen molar-refractivity contribution < 1.29 is 19.8 Å². The van der Waals surface area contributed by atoms with Gasteiger partial charge in [-0.05, 0) is 17.9 Å². The summed E-state index contributed by atoms with van der Waals surface area (Å²) in [6.07, 6.45) is 0.807. The maximum absolute atomic E-state index is 12.3. The van der Waals surface area contributed by atoms with Crippen molar-refractivity contribution in [2.45, 2.75) is 25.4 Å². The van der Waals surface area contributed by atoms with E-state index in [0.29, 0.717) is 12.1 Å². The molecule has 1 heterocycles. The number of hydrogen-bond acceptors (Lipinski definition) is 3. The number of carbonyl (C=O) groups excluding carboxylic acids is 1. The lowest BCUT2D eigenvalue weighted by Crippen LogP contribution is -2.47. The summed E-state index contributed by atoms with van der Waals surface area (Å²) in [7, 11) is 0. The Bertz CT molecular complexity index is 506. The zero-order valence-electron chi connectivity index (χ0n) is 11.9. The highest BCUT2D eigenvalue weighted by atomic mass is 16.4. The fraction of sp³-hybridized carbons (Fsp3) is 0.467. The lowest BCUT2D eigenvalue weighted by atomic mass is 10.0. The fourth-order valence-corrected chi connectivity index (χ4v) is 2.68. The van der Waals surface area contributed by atoms with Crippen LogP contribution in [0.4, 0.5) is 4.79 Å². The summed E-state index contributed by atoms with van der Waals surface area (Å²) < 4.78 is 0. The number of rotatable bonds is 4. The number of carboxylic acids is 1. The topological polar surface area (TPSA) is 89.9 Å². The molecule has 2 rings (SSSR count). The van der Waals surface area contributed by atoms with E-state index in [2.05, 4.69) is 5.32 Å². The van der Waals surface area contributed by atoms with Gasteiger partial charge in [0.05, 0.1) is 12.6 Å². The molecule has 1 saturated heterocycles. The van der Waals surface area contributed by atoms with Gasteiger partial charge in [0, 0.05) is 6.54 Å². The Kier molecular flexibility index (Phi) is 4.80. The second-order valence-corrected chi connectivity index (χ2v) is 5.34. The number of aliphatic hydroxyl groups is 1. The molecule has 6 nitrogen and oxygen atoms in total. The van der Waals surface area contributed by atoms with E-state index in [0.717, 1.165) is 6.42 Å². The minimum absolute atomic E-state index is 0.113. The van der Waals surface area contributed by atoms with Crippen molar-refractivity contribution in [1.82, 2.24) is 10.2 Å². The molecule has 0 aromatic heterocycles. The van der Waals surface area contributed by atoms with E-state index in [9.17, 15) is 19.8 Å². The Morgan fingerprint density at radius 2 is 2.05 bits per heavy atom. The SMILES string of the molecule is CC1CCN(C(=O)N[C@H](C(=O)O)c2ccccc2)C1CO. The second kappa shape index (κ2) is 6.58. The molecule has 1 aliphatic heterocycles. The van der Waals surface area contributed by atoms with Crippen molar-refractivity contribution in [2.75, 3.05) is 13.2 Å². The lowest BCUT2D eigenvalue weighted by Gasteiger charge is -2.27. The van der Waals surface area contributed by atoms with Crippen LogP contribution in [0, 0.1) is 5.92 Å². The molecule has 0 radical (unpaired) electrons. The molecule has 0 bridgehead atoms. The van der Waals surface area contributed by atoms with Crippen molar-refractivity contribution in [1.29, 1.82) is 0 Å². The van der Waals surface area contributed by atoms with Gasteiger partial charge in [0.15, 0.2) is 6.04 Å². The smallest absolute Gasteiger partial charge is 0.330 e. The Hall–Kier alpha value is -2.08. The number of aliphatic hydroxyl groups excluding tert-OH is 1. The molecule has 2 amide bonds. The van der Waals surface area contributed by atoms with Crippen LogP contribution in [0.25, 0.3) is 0 Å². The van der Waals surface area contributed by atoms with Gasteiger partial charge < -0.3 is 20.4 Å². The second-order valence-electron chi connectivity index (χ2n) is 5.34. The van der Waals surface area contributed by atoms with Crippen molar-refractivity contribution in [3.05, 3.63) is 35.9 Å². The molecular weight excluding hydrogens is 272 g/mol. The molecule has 0 saturated carbocycles. The third kappa shape index (κ3) is 3.33. The van der Waals surface area contributed by atoms with Gasteiger partial charge in [0.25, 0.3) is 0 Å². The summed E-state index contributed by atoms with van der Waals surface area (Å²) in [5.41, 5.74) is 0.520. The number of nitrogens with one attached hydrogen (secondary N) is 1. The van der Waals surface area contributed by atoms with Crippen LogP contribution >= 0.6 is 0 Å². The predicted molar refractivity (Wildman–Crippen MR) is 76.7 cm³/mol. The number of hydrogen-bond donors (Lipinski definition) is 3. The van der Waals surface area contributed by atoms with Gasteiger partial charge in [-0.1, -0.05) is 37.3 Å². The van der Waals surface area contributed by atoms with Crippen LogP contribution in [0.2, 0.25) is 0 Å². The normalized spacial score (nSPS) is 22.9. The van der Waals surface area contributed by atoms with E-state index < -0.39 is 18.0 Å². The Labute approximate surface area is 123 Å². The molecule has 3 atom stereocenters. The molecule has 1 aromatic rings. The van der Waals surface area contributed by atoms with Gasteiger partial charge in [-0.25, -0.2) is 9.59 Å². The van der Waals surface area contributed by atoms with E-state index in [-0.39, 0.29) is 18.6 Å². The maximum Gasteiger partial charge on any atom is 0.330 e. The zero-order chi connectivity index (χ0) is 15.4. The predicted octanol–water partition coefficient (Wildman–Crippen LogP) is 1.22. The number of urea groups is 1. The van der Waals surface area contributed by atoms with Crippen LogP contribution < -0.4 is 5.32 Å². The molecule has 21 heavy (non-hydrogen) atoms. The summed E-state index contributed by atoms with van der Waals surface area (Å²) >= 11 is 0. The monoisotopic (exact) mass is 292 g/mol. The van der Waals surface area contributed by atoms with E-state index in [1.165, 1.54) is 4.90 Å². The number of benzene rings is 1. The first-order valence-corrected chi connectivity index (χ1v) is 7.00. The first-order valence-electron chi connectivity index (χ1n) is 7.00. The van der Waals surface area contributed by atoms with E-state index in [1.54, 1.807) is 30.3 Å². The zero-order valence-corrected chi connectivity index (χ0v) is 11.9. The van der Waals surface area contributed by atoms with Gasteiger partial charge >= 0.3 is 12.0 Å². The van der Waals surface area contributed by atoms with Crippen LogP contribution in [0.1, 0.15) is 24.9 Å². The van der Waals surface area contributed by atoms with Crippen LogP contribution in [0.15, 0.2) is 30.3 Å². The number of likely N-dealkylation sites (tertiary alicyclic amines) is 1. The third-order valence-corrected chi connectivity index (χ3v) is 3.98. The summed E-state index contributed by atoms with van der Waals surface area (Å²) in [6, 6.07) is 6.77. The van der Waals surface area contributed by atoms with Gasteiger partial charge in [-0.15, -0.1) is 0 Å². The van der Waals surface area contributed by atoms with Crippen LogP contribution in [-0.4, -0.2) is 46.3 Å². The van der Waals surface area contributed by atoms with E-state index in [1.807, 2.05) is 6.92 Å². The Balaban J connectivity index is 2.11. The quantitative estimate of drug-likeness (QED) is 0.778. The fourth-order valence-electron chi connectivity index (χ4n) is 2.68. The van der Waals surface area contributed by atoms with Gasteiger partial charge in [-0.2, -0.15) is 0 Å². The van der Waals surface area contributed by atoms with Crippen molar-refractivity contribution in [2.24, 2.45) is 5.92 Å². The van der Waals surface area contributed by atoms with Crippen LogP contribution in [-0.2, 0) is 4.79 Å². The Morgan fingerprint density at radius 3 is 2.62 bits per heavy atom. The highest BCUT2D eigenvalue weighted by Crippen LogP contribution is 2.24. The number of carbonyl (C=O) groups is 2. The standard InChI is InChI=1S/C15H20N2O4/c1-10-7-8-17(12(10)9-18)15(21)16-13(14(19)20)11-5-3-2-4-6-11/h2-6,10,12-13,18H,7-9H2,1H3,(H,16,21)(H,19,20)/t10?,12?,13-/m0/s1. The van der Waals surface area contributed by atoms with E-state index in [4.69, 9.17) is 0 Å². The molecule has 6 heteroatoms. The maximum atomic E-state index is 12.3. The number of amides is 2. The largest absolute Gasteiger partial charge is 0.479 e. The molecule has 0 aliphatic carbocycles. The Morgan fingerprint density at radius 1 is 1.38 bits per heavy atom. The summed E-state index contributed by atoms with van der Waals surface area (Å²) in [5, 5.41) is 21.2. The summed E-state index contributed by atoms with van der Waals surface area (Å²) in [4.78, 5) is 25.2. The van der Waals surface area contributed by atoms with Gasteiger partial charge in [0.1, 0.15) is 0 Å². The number of carboxylic acid groups (broad SMARTS) is 1. The first kappa shape index (κ1) is 15.3. The average molecular weight is 292 g/mol. The van der Waals surface area contributed by atoms with Crippen LogP contribution in [0.3, 0.4) is 0 Å². The molecule has 0 spiro atoms. The van der Waals surface area contributed by atoms with Gasteiger partial charge in [0.2, 0.25) is 0 Å². The molecule has 1 aromatic carbocycles. The van der Waals surface area contributed by atoms with E-state index >= 15 is 0 Å². The molecule has 2 unspecified atom stereocenters. The van der Waals surface area contributed by atoms with Crippen molar-refractivity contribution >= 4 is 12.0 Å². The molecular formula is C15H20N2O4. The summed E-state index contributed by atoms with van der Waals surface area (Å²) in [5.74, 6) is -0.900. The lowest BCUT2D eigenvalue weighted by molar-refractivity contribution is -0.139. The average Bonchev–Trinajstić information content (AvgIpc) is 2.86. The highest BCUT2D eigenvalue weighted by Gasteiger charge is 2.35. The molecule has 1 fully saturated rings. The van der Waals surface area contributed by atoms with Crippen molar-refractivity contribution in [3.63, 3.8) is 0 Å². The first-order chi connectivity index (χ1) is 10.0.